The zero-order chi connectivity index (χ0) is 21.8. The van der Waals surface area contributed by atoms with Crippen molar-refractivity contribution in [1.29, 1.82) is 0 Å². The highest BCUT2D eigenvalue weighted by molar-refractivity contribution is 6.13. The van der Waals surface area contributed by atoms with Crippen LogP contribution in [0.5, 0.6) is 5.75 Å². The van der Waals surface area contributed by atoms with E-state index in [0.717, 1.165) is 62.9 Å². The highest BCUT2D eigenvalue weighted by atomic mass is 19.1. The minimum Gasteiger partial charge on any atom is -0.493 e. The summed E-state index contributed by atoms with van der Waals surface area (Å²) in [6.45, 7) is 2.78. The second-order valence-corrected chi connectivity index (χ2v) is 8.47. The zero-order valence-electron chi connectivity index (χ0n) is 18.1. The Hall–Kier alpha value is -3.66. The first-order valence-electron chi connectivity index (χ1n) is 11.0. The third-order valence-electron chi connectivity index (χ3n) is 6.51. The molecule has 0 unspecified atom stereocenters. The summed E-state index contributed by atoms with van der Waals surface area (Å²) in [5.41, 5.74) is 7.00. The van der Waals surface area contributed by atoms with Gasteiger partial charge >= 0.3 is 0 Å². The fourth-order valence-electron chi connectivity index (χ4n) is 4.95. The Labute approximate surface area is 185 Å². The lowest BCUT2D eigenvalue weighted by molar-refractivity contribution is -0.660. The number of pyridine rings is 1. The van der Waals surface area contributed by atoms with Crippen LogP contribution >= 0.6 is 0 Å². The number of aromatic nitrogens is 1. The average molecular weight is 424 g/mol. The second-order valence-electron chi connectivity index (χ2n) is 8.47. The van der Waals surface area contributed by atoms with Crippen molar-refractivity contribution in [2.45, 2.75) is 19.8 Å². The number of rotatable bonds is 2. The van der Waals surface area contributed by atoms with E-state index in [2.05, 4.69) is 29.7 Å². The van der Waals surface area contributed by atoms with Crippen molar-refractivity contribution in [2.75, 3.05) is 6.61 Å². The summed E-state index contributed by atoms with van der Waals surface area (Å²) < 4.78 is 29.8. The number of fused-ring (bicyclic) bond motifs is 4. The summed E-state index contributed by atoms with van der Waals surface area (Å²) in [7, 11) is 2.03. The van der Waals surface area contributed by atoms with E-state index in [9.17, 15) is 0 Å². The fraction of sp³-hybridized carbons (Fsp3) is 0.179. The molecule has 0 atom stereocenters. The van der Waals surface area contributed by atoms with Gasteiger partial charge < -0.3 is 9.15 Å². The molecule has 6 rings (SSSR count). The molecule has 0 amide bonds. The number of ether oxygens (including phenoxy) is 1. The molecule has 0 bridgehead atoms. The number of halogens is 1. The second kappa shape index (κ2) is 7.20. The molecule has 158 valence electrons. The molecule has 2 aromatic heterocycles. The number of hydrogen-bond acceptors (Lipinski definition) is 2. The molecule has 3 heterocycles. The van der Waals surface area contributed by atoms with Crippen molar-refractivity contribution in [3.8, 4) is 28.1 Å². The standard InChI is InChI=1S/C28H23FNO2/c1-17-11-12-20-21-13-14-22(29)26(19-7-5-10-24-18(19)8-6-16-31-24)28(21)32-27(20)25(17)23-9-3-4-15-30(23)2/h3-5,7,9-15H,6,8,16H2,1-2H3/q+1. The van der Waals surface area contributed by atoms with Gasteiger partial charge in [-0.3, -0.25) is 0 Å². The third-order valence-corrected chi connectivity index (χ3v) is 6.51. The molecule has 0 radical (unpaired) electrons. The maximum atomic E-state index is 15.4. The first-order valence-corrected chi connectivity index (χ1v) is 11.0. The molecule has 0 saturated heterocycles. The van der Waals surface area contributed by atoms with Crippen LogP contribution in [0.4, 0.5) is 4.39 Å². The Morgan fingerprint density at radius 2 is 1.69 bits per heavy atom. The smallest absolute Gasteiger partial charge is 0.216 e. The Balaban J connectivity index is 1.71. The third kappa shape index (κ3) is 2.76. The largest absolute Gasteiger partial charge is 0.493 e. The van der Waals surface area contributed by atoms with Crippen molar-refractivity contribution < 1.29 is 18.1 Å². The molecular formula is C28H23FNO2+. The van der Waals surface area contributed by atoms with Crippen LogP contribution in [0.25, 0.3) is 44.3 Å². The minimum absolute atomic E-state index is 0.279. The molecule has 32 heavy (non-hydrogen) atoms. The molecule has 1 aliphatic heterocycles. The van der Waals surface area contributed by atoms with Gasteiger partial charge in [0, 0.05) is 28.5 Å². The lowest BCUT2D eigenvalue weighted by Crippen LogP contribution is -2.30. The molecule has 0 fully saturated rings. The number of nitrogens with zero attached hydrogens (tertiary/aromatic N) is 1. The van der Waals surface area contributed by atoms with Gasteiger partial charge in [0.05, 0.1) is 17.7 Å². The molecule has 0 aliphatic carbocycles. The Morgan fingerprint density at radius 1 is 0.875 bits per heavy atom. The van der Waals surface area contributed by atoms with E-state index in [1.165, 1.54) is 0 Å². The van der Waals surface area contributed by atoms with Gasteiger partial charge in [-0.2, -0.15) is 0 Å². The highest BCUT2D eigenvalue weighted by Crippen LogP contribution is 2.44. The van der Waals surface area contributed by atoms with E-state index in [0.29, 0.717) is 17.8 Å². The lowest BCUT2D eigenvalue weighted by Gasteiger charge is -2.20. The van der Waals surface area contributed by atoms with Crippen LogP contribution in [0.3, 0.4) is 0 Å². The molecular weight excluding hydrogens is 401 g/mol. The van der Waals surface area contributed by atoms with Crippen molar-refractivity contribution in [1.82, 2.24) is 0 Å². The molecule has 3 aromatic carbocycles. The predicted molar refractivity (Wildman–Crippen MR) is 124 cm³/mol. The topological polar surface area (TPSA) is 26.2 Å². The van der Waals surface area contributed by atoms with E-state index in [-0.39, 0.29) is 5.82 Å². The number of hydrogen-bond donors (Lipinski definition) is 0. The van der Waals surface area contributed by atoms with Crippen LogP contribution in [0, 0.1) is 12.7 Å². The Morgan fingerprint density at radius 3 is 2.53 bits per heavy atom. The van der Waals surface area contributed by atoms with Crippen LogP contribution < -0.4 is 9.30 Å². The molecule has 4 heteroatoms. The van der Waals surface area contributed by atoms with Crippen molar-refractivity contribution in [3.63, 3.8) is 0 Å². The average Bonchev–Trinajstić information content (AvgIpc) is 3.18. The summed E-state index contributed by atoms with van der Waals surface area (Å²) in [6, 6.07) is 19.6. The van der Waals surface area contributed by atoms with Crippen LogP contribution in [0.1, 0.15) is 17.5 Å². The quantitative estimate of drug-likeness (QED) is 0.302. The van der Waals surface area contributed by atoms with Gasteiger partial charge in [0.15, 0.2) is 6.20 Å². The van der Waals surface area contributed by atoms with Gasteiger partial charge in [0.25, 0.3) is 0 Å². The van der Waals surface area contributed by atoms with Crippen LogP contribution in [0.2, 0.25) is 0 Å². The minimum atomic E-state index is -0.279. The molecule has 0 saturated carbocycles. The predicted octanol–water partition coefficient (Wildman–Crippen LogP) is 6.52. The Kier molecular flexibility index (Phi) is 4.29. The zero-order valence-corrected chi connectivity index (χ0v) is 18.1. The first kappa shape index (κ1) is 19.1. The van der Waals surface area contributed by atoms with Gasteiger partial charge in [0.1, 0.15) is 29.8 Å². The summed E-state index contributed by atoms with van der Waals surface area (Å²) in [5.74, 6) is 0.563. The summed E-state index contributed by atoms with van der Waals surface area (Å²) in [4.78, 5) is 0. The highest BCUT2D eigenvalue weighted by Gasteiger charge is 2.25. The van der Waals surface area contributed by atoms with Crippen molar-refractivity contribution in [3.05, 3.63) is 83.8 Å². The van der Waals surface area contributed by atoms with Crippen LogP contribution in [0.15, 0.2) is 71.3 Å². The fourth-order valence-corrected chi connectivity index (χ4v) is 4.95. The molecule has 0 spiro atoms. The van der Waals surface area contributed by atoms with Gasteiger partial charge in [-0.15, -0.1) is 0 Å². The van der Waals surface area contributed by atoms with Gasteiger partial charge in [-0.25, -0.2) is 8.96 Å². The van der Waals surface area contributed by atoms with Crippen LogP contribution in [-0.4, -0.2) is 6.61 Å². The molecule has 5 aromatic rings. The van der Waals surface area contributed by atoms with Gasteiger partial charge in [0.2, 0.25) is 5.69 Å². The lowest BCUT2D eigenvalue weighted by atomic mass is 9.93. The van der Waals surface area contributed by atoms with Crippen LogP contribution in [-0.2, 0) is 13.5 Å². The summed E-state index contributed by atoms with van der Waals surface area (Å²) in [6.07, 6.45) is 3.82. The number of aryl methyl sites for hydroxylation is 2. The molecule has 3 nitrogen and oxygen atoms in total. The summed E-state index contributed by atoms with van der Waals surface area (Å²) in [5, 5.41) is 1.91. The van der Waals surface area contributed by atoms with E-state index < -0.39 is 0 Å². The Bertz CT molecular complexity index is 1520. The van der Waals surface area contributed by atoms with E-state index in [1.54, 1.807) is 6.07 Å². The summed E-state index contributed by atoms with van der Waals surface area (Å²) >= 11 is 0. The van der Waals surface area contributed by atoms with E-state index >= 15 is 4.39 Å². The van der Waals surface area contributed by atoms with E-state index in [1.807, 2.05) is 49.6 Å². The molecule has 0 N–H and O–H groups in total. The maximum Gasteiger partial charge on any atom is 0.216 e. The van der Waals surface area contributed by atoms with E-state index in [4.69, 9.17) is 9.15 Å². The molecule has 1 aliphatic rings. The van der Waals surface area contributed by atoms with Crippen molar-refractivity contribution >= 4 is 21.9 Å². The normalized spacial score (nSPS) is 13.3. The number of furan rings is 1. The first-order chi connectivity index (χ1) is 15.6. The monoisotopic (exact) mass is 424 g/mol. The van der Waals surface area contributed by atoms with Gasteiger partial charge in [-0.05, 0) is 55.2 Å². The van der Waals surface area contributed by atoms with Crippen molar-refractivity contribution in [2.24, 2.45) is 7.05 Å². The van der Waals surface area contributed by atoms with Gasteiger partial charge in [-0.1, -0.05) is 24.3 Å². The SMILES string of the molecule is Cc1ccc2c(oc3c(-c4cccc5c4CCCO5)c(F)ccc32)c1-c1cccc[n+]1C. The number of benzene rings is 3. The maximum absolute atomic E-state index is 15.4.